The van der Waals surface area contributed by atoms with E-state index in [0.29, 0.717) is 0 Å². The Labute approximate surface area is 165 Å². The van der Waals surface area contributed by atoms with Crippen molar-refractivity contribution in [3.05, 3.63) is 53.2 Å². The standard InChI is InChI=1S/C24H31NOP/c1-6-9-11-17-14-15-19-18(16-17)20-12-10-13-21-24(8-3,27-26)23(5,25(20)21)22(19,4)7-2/h10,12-16H,6-9,11H2,1-5H3/q+1/p+1. The molecule has 3 heteroatoms. The predicted molar refractivity (Wildman–Crippen MR) is 113 cm³/mol. The Balaban J connectivity index is 2.03. The average molecular weight is 382 g/mol. The van der Waals surface area contributed by atoms with Crippen LogP contribution in [0.15, 0.2) is 36.4 Å². The van der Waals surface area contributed by atoms with Gasteiger partial charge in [0.2, 0.25) is 16.9 Å². The first-order valence-electron chi connectivity index (χ1n) is 10.5. The molecule has 2 aliphatic heterocycles. The van der Waals surface area contributed by atoms with Crippen molar-refractivity contribution >= 4 is 8.46 Å². The fraction of sp³-hybridized carbons (Fsp3) is 0.542. The lowest BCUT2D eigenvalue weighted by atomic mass is 9.51. The summed E-state index contributed by atoms with van der Waals surface area (Å²) in [5, 5.41) is -0.258. The van der Waals surface area contributed by atoms with Gasteiger partial charge in [-0.05, 0) is 49.4 Å². The molecule has 2 aromatic rings. The van der Waals surface area contributed by atoms with Crippen LogP contribution in [-0.4, -0.2) is 0 Å². The Hall–Kier alpha value is -1.53. The molecule has 142 valence electrons. The number of hydrogen-bond donors (Lipinski definition) is 0. The minimum absolute atomic E-state index is 0.0366. The molecule has 0 spiro atoms. The Morgan fingerprint density at radius 2 is 1.81 bits per heavy atom. The second-order valence-corrected chi connectivity index (χ2v) is 9.79. The van der Waals surface area contributed by atoms with E-state index in [1.165, 1.54) is 40.9 Å². The Morgan fingerprint density at radius 1 is 1.04 bits per heavy atom. The van der Waals surface area contributed by atoms with Crippen molar-refractivity contribution in [2.45, 2.75) is 82.8 Å². The lowest BCUT2D eigenvalue weighted by molar-refractivity contribution is -0.824. The summed E-state index contributed by atoms with van der Waals surface area (Å²) < 4.78 is 15.2. The highest BCUT2D eigenvalue weighted by atomic mass is 31.1. The zero-order chi connectivity index (χ0) is 19.4. The van der Waals surface area contributed by atoms with Crippen LogP contribution >= 0.6 is 8.46 Å². The number of pyridine rings is 1. The van der Waals surface area contributed by atoms with Gasteiger partial charge in [-0.3, -0.25) is 0 Å². The highest BCUT2D eigenvalue weighted by molar-refractivity contribution is 7.25. The van der Waals surface area contributed by atoms with Gasteiger partial charge in [-0.2, -0.15) is 4.57 Å². The summed E-state index contributed by atoms with van der Waals surface area (Å²) in [6.45, 7) is 11.5. The first-order chi connectivity index (χ1) is 12.9. The number of aryl methyl sites for hydroxylation is 1. The third kappa shape index (κ3) is 2.01. The molecule has 0 bridgehead atoms. The molecule has 0 aliphatic carbocycles. The van der Waals surface area contributed by atoms with E-state index in [1.807, 2.05) is 0 Å². The van der Waals surface area contributed by atoms with Crippen LogP contribution in [0.1, 0.15) is 77.1 Å². The summed E-state index contributed by atoms with van der Waals surface area (Å²) in [4.78, 5) is 0. The first kappa shape index (κ1) is 18.8. The Morgan fingerprint density at radius 3 is 2.44 bits per heavy atom. The van der Waals surface area contributed by atoms with E-state index in [0.717, 1.165) is 19.3 Å². The van der Waals surface area contributed by atoms with Crippen molar-refractivity contribution in [3.8, 4) is 11.3 Å². The molecule has 4 unspecified atom stereocenters. The lowest BCUT2D eigenvalue weighted by Gasteiger charge is -2.55. The monoisotopic (exact) mass is 381 g/mol. The Bertz CT molecular complexity index is 923. The number of fused-ring (bicyclic) bond motifs is 2. The normalized spacial score (nSPS) is 30.6. The second kappa shape index (κ2) is 6.24. The lowest BCUT2D eigenvalue weighted by Crippen LogP contribution is -2.85. The van der Waals surface area contributed by atoms with Crippen LogP contribution < -0.4 is 4.57 Å². The zero-order valence-corrected chi connectivity index (χ0v) is 18.4. The van der Waals surface area contributed by atoms with Gasteiger partial charge in [0.25, 0.3) is 0 Å². The predicted octanol–water partition coefficient (Wildman–Crippen LogP) is 6.02. The number of rotatable bonds is 6. The second-order valence-electron chi connectivity index (χ2n) is 8.73. The van der Waals surface area contributed by atoms with Gasteiger partial charge >= 0.3 is 13.6 Å². The molecule has 4 atom stereocenters. The minimum Gasteiger partial charge on any atom is -0.179 e. The highest BCUT2D eigenvalue weighted by Crippen LogP contribution is 2.65. The van der Waals surface area contributed by atoms with Gasteiger partial charge in [0, 0.05) is 25.5 Å². The van der Waals surface area contributed by atoms with Crippen molar-refractivity contribution < 1.29 is 9.13 Å². The SMILES string of the molecule is CCCCc1ccc2c(c1)-c1cccc3[n+]1C(C)(C2(C)CC)C3(CC)[PH+]=O. The van der Waals surface area contributed by atoms with Gasteiger partial charge in [0.05, 0.1) is 11.0 Å². The molecule has 3 heterocycles. The van der Waals surface area contributed by atoms with E-state index in [1.54, 1.807) is 0 Å². The molecule has 1 aromatic heterocycles. The van der Waals surface area contributed by atoms with E-state index >= 15 is 0 Å². The van der Waals surface area contributed by atoms with Gasteiger partial charge in [-0.25, -0.2) is 0 Å². The molecule has 0 radical (unpaired) electrons. The van der Waals surface area contributed by atoms with E-state index in [9.17, 15) is 4.57 Å². The molecule has 1 aromatic carbocycles. The number of hydrogen-bond acceptors (Lipinski definition) is 1. The van der Waals surface area contributed by atoms with Gasteiger partial charge in [-0.15, -0.1) is 0 Å². The molecule has 4 rings (SSSR count). The summed E-state index contributed by atoms with van der Waals surface area (Å²) in [6.07, 6.45) is 5.55. The smallest absolute Gasteiger partial charge is 0.179 e. The Kier molecular flexibility index (Phi) is 4.35. The number of unbranched alkanes of at least 4 members (excludes halogenated alkanes) is 1. The third-order valence-corrected chi connectivity index (χ3v) is 9.41. The highest BCUT2D eigenvalue weighted by Gasteiger charge is 2.83. The largest absolute Gasteiger partial charge is 0.349 e. The first-order valence-corrected chi connectivity index (χ1v) is 11.4. The maximum Gasteiger partial charge on any atom is 0.349 e. The van der Waals surface area contributed by atoms with Gasteiger partial charge < -0.3 is 0 Å². The van der Waals surface area contributed by atoms with Crippen molar-refractivity contribution in [2.75, 3.05) is 0 Å². The van der Waals surface area contributed by atoms with Gasteiger partial charge in [0.15, 0.2) is 0 Å². The van der Waals surface area contributed by atoms with Crippen molar-refractivity contribution in [1.29, 1.82) is 0 Å². The van der Waals surface area contributed by atoms with E-state index in [2.05, 4.69) is 75.6 Å². The van der Waals surface area contributed by atoms with Crippen LogP contribution in [0.25, 0.3) is 11.3 Å². The summed E-state index contributed by atoms with van der Waals surface area (Å²) in [5.74, 6) is 0. The molecule has 0 saturated heterocycles. The minimum atomic E-state index is -0.322. The van der Waals surface area contributed by atoms with Crippen molar-refractivity contribution in [1.82, 2.24) is 0 Å². The number of benzene rings is 1. The topological polar surface area (TPSA) is 20.9 Å². The fourth-order valence-electron chi connectivity index (χ4n) is 6.01. The molecule has 2 aliphatic rings. The molecular formula is C24H32NOP+2. The summed E-state index contributed by atoms with van der Waals surface area (Å²) in [5.41, 5.74) is 6.60. The summed E-state index contributed by atoms with van der Waals surface area (Å²) in [6, 6.07) is 13.7. The molecule has 0 saturated carbocycles. The van der Waals surface area contributed by atoms with Crippen molar-refractivity contribution in [3.63, 3.8) is 0 Å². The van der Waals surface area contributed by atoms with Crippen LogP contribution in [0, 0.1) is 0 Å². The maximum absolute atomic E-state index is 12.6. The van der Waals surface area contributed by atoms with E-state index in [-0.39, 0.29) is 24.6 Å². The average Bonchev–Trinajstić information content (AvgIpc) is 2.70. The molecule has 2 nitrogen and oxygen atoms in total. The third-order valence-electron chi connectivity index (χ3n) is 7.96. The van der Waals surface area contributed by atoms with Crippen molar-refractivity contribution in [2.24, 2.45) is 0 Å². The molecule has 0 fully saturated rings. The van der Waals surface area contributed by atoms with Crippen LogP contribution in [0.5, 0.6) is 0 Å². The fourth-order valence-corrected chi connectivity index (χ4v) is 7.04. The molecule has 27 heavy (non-hydrogen) atoms. The van der Waals surface area contributed by atoms with Crippen LogP contribution in [0.3, 0.4) is 0 Å². The number of aromatic nitrogens is 1. The number of nitrogens with zero attached hydrogens (tertiary/aromatic N) is 1. The molecule has 0 amide bonds. The molecular weight excluding hydrogens is 349 g/mol. The maximum atomic E-state index is 12.6. The zero-order valence-electron chi connectivity index (χ0n) is 17.4. The van der Waals surface area contributed by atoms with E-state index in [4.69, 9.17) is 0 Å². The molecule has 0 N–H and O–H groups in total. The van der Waals surface area contributed by atoms with E-state index < -0.39 is 0 Å². The summed E-state index contributed by atoms with van der Waals surface area (Å²) in [7, 11) is -0.322. The van der Waals surface area contributed by atoms with Gasteiger partial charge in [0.1, 0.15) is 0 Å². The summed E-state index contributed by atoms with van der Waals surface area (Å²) >= 11 is 0. The quantitative estimate of drug-likeness (QED) is 0.442. The van der Waals surface area contributed by atoms with Gasteiger partial charge in [-0.1, -0.05) is 43.9 Å². The van der Waals surface area contributed by atoms with Crippen LogP contribution in [-0.2, 0) is 27.1 Å². The van der Waals surface area contributed by atoms with Crippen LogP contribution in [0.2, 0.25) is 0 Å². The van der Waals surface area contributed by atoms with Crippen LogP contribution in [0.4, 0.5) is 0 Å².